The Balaban J connectivity index is 2.43. The van der Waals surface area contributed by atoms with Crippen molar-refractivity contribution in [3.63, 3.8) is 0 Å². The predicted molar refractivity (Wildman–Crippen MR) is 59.5 cm³/mol. The summed E-state index contributed by atoms with van der Waals surface area (Å²) in [6.07, 6.45) is 2.84. The summed E-state index contributed by atoms with van der Waals surface area (Å²) in [4.78, 5) is 12.0. The molecule has 82 valence electrons. The molecule has 2 rings (SSSR count). The number of hydrogen-bond donors (Lipinski definition) is 1. The molecule has 0 radical (unpaired) electrons. The van der Waals surface area contributed by atoms with Gasteiger partial charge in [0.15, 0.2) is 5.78 Å². The van der Waals surface area contributed by atoms with Crippen LogP contribution in [0.15, 0.2) is 41.2 Å². The SMILES string of the molecule is COc1ccc(N)c(C(=O)c2ccoc2)c1. The molecule has 0 fully saturated rings. The molecule has 1 aromatic carbocycles. The molecule has 0 atom stereocenters. The standard InChI is InChI=1S/C12H11NO3/c1-15-9-2-3-11(13)10(6-9)12(14)8-4-5-16-7-8/h2-7H,13H2,1H3. The fraction of sp³-hybridized carbons (Fsp3) is 0.0833. The van der Waals surface area contributed by atoms with E-state index in [2.05, 4.69) is 0 Å². The lowest BCUT2D eigenvalue weighted by molar-refractivity contribution is 0.103. The third-order valence-corrected chi connectivity index (χ3v) is 2.29. The largest absolute Gasteiger partial charge is 0.497 e. The molecular weight excluding hydrogens is 206 g/mol. The first-order chi connectivity index (χ1) is 7.72. The first kappa shape index (κ1) is 10.3. The molecule has 1 aromatic heterocycles. The maximum absolute atomic E-state index is 12.0. The Morgan fingerprint density at radius 2 is 2.19 bits per heavy atom. The molecule has 4 heteroatoms. The monoisotopic (exact) mass is 217 g/mol. The van der Waals surface area contributed by atoms with Gasteiger partial charge in [0.25, 0.3) is 0 Å². The Hall–Kier alpha value is -2.23. The number of benzene rings is 1. The summed E-state index contributed by atoms with van der Waals surface area (Å²) in [5.74, 6) is 0.422. The lowest BCUT2D eigenvalue weighted by Crippen LogP contribution is -2.04. The van der Waals surface area contributed by atoms with Gasteiger partial charge in [-0.1, -0.05) is 0 Å². The van der Waals surface area contributed by atoms with E-state index in [0.717, 1.165) is 0 Å². The van der Waals surface area contributed by atoms with Gasteiger partial charge in [-0.25, -0.2) is 0 Å². The van der Waals surface area contributed by atoms with Crippen LogP contribution < -0.4 is 10.5 Å². The normalized spacial score (nSPS) is 10.1. The van der Waals surface area contributed by atoms with Gasteiger partial charge in [0.1, 0.15) is 12.0 Å². The topological polar surface area (TPSA) is 65.5 Å². The molecule has 0 saturated heterocycles. The summed E-state index contributed by atoms with van der Waals surface area (Å²) in [7, 11) is 1.54. The van der Waals surface area contributed by atoms with Crippen LogP contribution in [0.4, 0.5) is 5.69 Å². The van der Waals surface area contributed by atoms with E-state index in [0.29, 0.717) is 22.6 Å². The first-order valence-electron chi connectivity index (χ1n) is 4.73. The summed E-state index contributed by atoms with van der Waals surface area (Å²) in [6.45, 7) is 0. The van der Waals surface area contributed by atoms with Crippen molar-refractivity contribution in [3.05, 3.63) is 47.9 Å². The van der Waals surface area contributed by atoms with Crippen molar-refractivity contribution in [3.8, 4) is 5.75 Å². The zero-order chi connectivity index (χ0) is 11.5. The molecule has 0 unspecified atom stereocenters. The Morgan fingerprint density at radius 1 is 1.38 bits per heavy atom. The van der Waals surface area contributed by atoms with E-state index in [9.17, 15) is 4.79 Å². The van der Waals surface area contributed by atoms with Crippen LogP contribution in [-0.2, 0) is 0 Å². The summed E-state index contributed by atoms with van der Waals surface area (Å²) < 4.78 is 9.91. The van der Waals surface area contributed by atoms with Gasteiger partial charge < -0.3 is 14.9 Å². The summed E-state index contributed by atoms with van der Waals surface area (Å²) in [5, 5.41) is 0. The van der Waals surface area contributed by atoms with Crippen LogP contribution in [0.5, 0.6) is 5.75 Å². The molecule has 0 aliphatic carbocycles. The summed E-state index contributed by atoms with van der Waals surface area (Å²) in [6, 6.07) is 6.57. The average Bonchev–Trinajstić information content (AvgIpc) is 2.82. The molecule has 0 amide bonds. The van der Waals surface area contributed by atoms with Gasteiger partial charge in [-0.15, -0.1) is 0 Å². The van der Waals surface area contributed by atoms with Crippen molar-refractivity contribution in [1.29, 1.82) is 0 Å². The van der Waals surface area contributed by atoms with E-state index in [4.69, 9.17) is 14.9 Å². The van der Waals surface area contributed by atoms with Crippen molar-refractivity contribution in [2.24, 2.45) is 0 Å². The number of ketones is 1. The Labute approximate surface area is 92.6 Å². The quantitative estimate of drug-likeness (QED) is 0.631. The van der Waals surface area contributed by atoms with Crippen LogP contribution in [0.25, 0.3) is 0 Å². The number of rotatable bonds is 3. The summed E-state index contributed by atoms with van der Waals surface area (Å²) in [5.41, 5.74) is 7.06. The fourth-order valence-corrected chi connectivity index (χ4v) is 1.41. The van der Waals surface area contributed by atoms with E-state index in [-0.39, 0.29) is 5.78 Å². The van der Waals surface area contributed by atoms with Gasteiger partial charge in [-0.2, -0.15) is 0 Å². The lowest BCUT2D eigenvalue weighted by atomic mass is 10.0. The third kappa shape index (κ3) is 1.77. The van der Waals surface area contributed by atoms with Crippen molar-refractivity contribution in [1.82, 2.24) is 0 Å². The van der Waals surface area contributed by atoms with Crippen molar-refractivity contribution in [2.45, 2.75) is 0 Å². The van der Waals surface area contributed by atoms with Gasteiger partial charge >= 0.3 is 0 Å². The van der Waals surface area contributed by atoms with E-state index < -0.39 is 0 Å². The van der Waals surface area contributed by atoms with Gasteiger partial charge in [0.2, 0.25) is 0 Å². The molecule has 0 aliphatic rings. The Bertz CT molecular complexity index is 503. The van der Waals surface area contributed by atoms with Crippen LogP contribution in [0.2, 0.25) is 0 Å². The summed E-state index contributed by atoms with van der Waals surface area (Å²) >= 11 is 0. The number of furan rings is 1. The van der Waals surface area contributed by atoms with Crippen LogP contribution in [0, 0.1) is 0 Å². The minimum atomic E-state index is -0.176. The molecule has 0 bridgehead atoms. The molecule has 1 heterocycles. The third-order valence-electron chi connectivity index (χ3n) is 2.29. The van der Waals surface area contributed by atoms with Crippen LogP contribution in [0.1, 0.15) is 15.9 Å². The molecule has 4 nitrogen and oxygen atoms in total. The highest BCUT2D eigenvalue weighted by molar-refractivity contribution is 6.12. The second-order valence-corrected chi connectivity index (χ2v) is 3.29. The average molecular weight is 217 g/mol. The minimum Gasteiger partial charge on any atom is -0.497 e. The number of nitrogens with two attached hydrogens (primary N) is 1. The second-order valence-electron chi connectivity index (χ2n) is 3.29. The lowest BCUT2D eigenvalue weighted by Gasteiger charge is -2.05. The van der Waals surface area contributed by atoms with Crippen molar-refractivity contribution in [2.75, 3.05) is 12.8 Å². The van der Waals surface area contributed by atoms with Gasteiger partial charge in [-0.3, -0.25) is 4.79 Å². The molecular formula is C12H11NO3. The Kier molecular flexibility index (Phi) is 2.64. The van der Waals surface area contributed by atoms with Crippen molar-refractivity contribution >= 4 is 11.5 Å². The maximum atomic E-state index is 12.0. The van der Waals surface area contributed by atoms with Gasteiger partial charge in [0.05, 0.1) is 18.9 Å². The first-order valence-corrected chi connectivity index (χ1v) is 4.73. The predicted octanol–water partition coefficient (Wildman–Crippen LogP) is 2.10. The highest BCUT2D eigenvalue weighted by Crippen LogP contribution is 2.22. The molecule has 16 heavy (non-hydrogen) atoms. The second kappa shape index (κ2) is 4.10. The number of carbonyl (C=O) groups excluding carboxylic acids is 1. The number of nitrogen functional groups attached to an aromatic ring is 1. The maximum Gasteiger partial charge on any atom is 0.198 e. The molecule has 0 saturated carbocycles. The highest BCUT2D eigenvalue weighted by Gasteiger charge is 2.14. The van der Waals surface area contributed by atoms with E-state index in [1.165, 1.54) is 19.6 Å². The zero-order valence-corrected chi connectivity index (χ0v) is 8.77. The molecule has 2 aromatic rings. The molecule has 2 N–H and O–H groups in total. The number of ether oxygens (including phenoxy) is 1. The van der Waals surface area contributed by atoms with Gasteiger partial charge in [0, 0.05) is 11.3 Å². The smallest absolute Gasteiger partial charge is 0.198 e. The zero-order valence-electron chi connectivity index (χ0n) is 8.77. The minimum absolute atomic E-state index is 0.176. The van der Waals surface area contributed by atoms with Crippen LogP contribution in [0.3, 0.4) is 0 Å². The van der Waals surface area contributed by atoms with E-state index in [1.807, 2.05) is 0 Å². The van der Waals surface area contributed by atoms with Crippen LogP contribution in [-0.4, -0.2) is 12.9 Å². The van der Waals surface area contributed by atoms with Crippen molar-refractivity contribution < 1.29 is 13.9 Å². The molecule has 0 aliphatic heterocycles. The van der Waals surface area contributed by atoms with E-state index in [1.54, 1.807) is 24.3 Å². The number of methoxy groups -OCH3 is 1. The van der Waals surface area contributed by atoms with Gasteiger partial charge in [-0.05, 0) is 24.3 Å². The number of carbonyl (C=O) groups is 1. The Morgan fingerprint density at radius 3 is 2.81 bits per heavy atom. The number of hydrogen-bond acceptors (Lipinski definition) is 4. The van der Waals surface area contributed by atoms with Crippen LogP contribution >= 0.6 is 0 Å². The highest BCUT2D eigenvalue weighted by atomic mass is 16.5. The fourth-order valence-electron chi connectivity index (χ4n) is 1.41. The number of anilines is 1. The molecule has 0 spiro atoms. The van der Waals surface area contributed by atoms with E-state index >= 15 is 0 Å².